The average Bonchev–Trinajstić information content (AvgIpc) is 2.19. The molecule has 5 nitrogen and oxygen atoms in total. The zero-order valence-corrected chi connectivity index (χ0v) is 10.4. The average molecular weight is 279 g/mol. The lowest BCUT2D eigenvalue weighted by atomic mass is 10.1. The lowest BCUT2D eigenvalue weighted by molar-refractivity contribution is -0.142. The molecule has 1 rings (SSSR count). The van der Waals surface area contributed by atoms with Gasteiger partial charge in [0.1, 0.15) is 22.1 Å². The summed E-state index contributed by atoms with van der Waals surface area (Å²) in [7, 11) is -4.46. The Labute approximate surface area is 102 Å². The van der Waals surface area contributed by atoms with Crippen LogP contribution in [0.3, 0.4) is 0 Å². The van der Waals surface area contributed by atoms with E-state index in [2.05, 4.69) is 0 Å². The summed E-state index contributed by atoms with van der Waals surface area (Å²) in [5.41, 5.74) is -1.84. The quantitative estimate of drug-likeness (QED) is 0.864. The normalized spacial score (nSPS) is 12.4. The van der Waals surface area contributed by atoms with E-state index in [0.717, 1.165) is 19.9 Å². The molecule has 0 saturated heterocycles. The predicted molar refractivity (Wildman–Crippen MR) is 58.4 cm³/mol. The van der Waals surface area contributed by atoms with Gasteiger partial charge in [0.25, 0.3) is 0 Å². The summed E-state index contributed by atoms with van der Waals surface area (Å²) in [4.78, 5) is 9.85. The van der Waals surface area contributed by atoms with Gasteiger partial charge in [-0.15, -0.1) is 0 Å². The highest BCUT2D eigenvalue weighted by Crippen LogP contribution is 2.18. The maximum Gasteiger partial charge on any atom is 0.324 e. The molecule has 18 heavy (non-hydrogen) atoms. The first-order valence-electron chi connectivity index (χ1n) is 4.79. The first-order chi connectivity index (χ1) is 8.06. The molecule has 0 aromatic heterocycles. The monoisotopic (exact) mass is 279 g/mol. The fraction of sp³-hybridized carbons (Fsp3) is 0.300. The third-order valence-electron chi connectivity index (χ3n) is 2.11. The Kier molecular flexibility index (Phi) is 3.72. The first-order valence-corrected chi connectivity index (χ1v) is 6.27. The van der Waals surface area contributed by atoms with Gasteiger partial charge in [-0.25, -0.2) is 17.2 Å². The van der Waals surface area contributed by atoms with Crippen molar-refractivity contribution in [1.29, 1.82) is 0 Å². The zero-order chi connectivity index (χ0) is 14.1. The number of halogens is 2. The van der Waals surface area contributed by atoms with Gasteiger partial charge in [0.2, 0.25) is 10.0 Å². The number of aliphatic carboxylic acids is 1. The Morgan fingerprint density at radius 2 is 1.89 bits per heavy atom. The van der Waals surface area contributed by atoms with Gasteiger partial charge in [-0.1, -0.05) is 0 Å². The third kappa shape index (κ3) is 3.02. The highest BCUT2D eigenvalue weighted by Gasteiger charge is 2.34. The molecule has 0 saturated carbocycles. The van der Waals surface area contributed by atoms with E-state index < -0.39 is 38.1 Å². The predicted octanol–water partition coefficient (Wildman–Crippen LogP) is 1.11. The molecule has 0 aliphatic heterocycles. The van der Waals surface area contributed by atoms with Crippen LogP contribution in [0.5, 0.6) is 0 Å². The zero-order valence-electron chi connectivity index (χ0n) is 9.57. The molecule has 8 heteroatoms. The number of carboxylic acids is 1. The maximum atomic E-state index is 13.3. The van der Waals surface area contributed by atoms with Crippen molar-refractivity contribution >= 4 is 16.0 Å². The summed E-state index contributed by atoms with van der Waals surface area (Å²) in [5.74, 6) is -3.54. The number of benzene rings is 1. The van der Waals surface area contributed by atoms with Crippen LogP contribution in [0.1, 0.15) is 13.8 Å². The summed E-state index contributed by atoms with van der Waals surface area (Å²) in [6.07, 6.45) is 0. The van der Waals surface area contributed by atoms with Crippen molar-refractivity contribution in [1.82, 2.24) is 4.72 Å². The number of hydrogen-bond acceptors (Lipinski definition) is 3. The fourth-order valence-corrected chi connectivity index (χ4v) is 2.58. The lowest BCUT2D eigenvalue weighted by Crippen LogP contribution is -2.49. The van der Waals surface area contributed by atoms with Crippen molar-refractivity contribution in [3.8, 4) is 0 Å². The van der Waals surface area contributed by atoms with Crippen LogP contribution in [0.15, 0.2) is 23.1 Å². The van der Waals surface area contributed by atoms with E-state index in [-0.39, 0.29) is 0 Å². The van der Waals surface area contributed by atoms with Gasteiger partial charge >= 0.3 is 5.97 Å². The standard InChI is InChI=1S/C10H11F2NO4S/c1-10(2,9(14)15)13-18(16,17)8-5-6(11)3-4-7(8)12/h3-5,13H,1-2H3,(H,14,15). The molecular formula is C10H11F2NO4S. The largest absolute Gasteiger partial charge is 0.480 e. The van der Waals surface area contributed by atoms with Crippen molar-refractivity contribution < 1.29 is 27.1 Å². The van der Waals surface area contributed by atoms with E-state index in [1.807, 2.05) is 0 Å². The fourth-order valence-electron chi connectivity index (χ4n) is 1.12. The summed E-state index contributed by atoms with van der Waals surface area (Å²) in [5, 5.41) is 8.78. The second kappa shape index (κ2) is 4.62. The number of carboxylic acid groups (broad SMARTS) is 1. The molecule has 0 aliphatic carbocycles. The Morgan fingerprint density at radius 1 is 1.33 bits per heavy atom. The minimum absolute atomic E-state index is 0.482. The number of carbonyl (C=O) groups is 1. The van der Waals surface area contributed by atoms with E-state index in [4.69, 9.17) is 5.11 Å². The molecule has 0 fully saturated rings. The van der Waals surface area contributed by atoms with Gasteiger partial charge in [0.15, 0.2) is 0 Å². The Balaban J connectivity index is 3.23. The second-order valence-electron chi connectivity index (χ2n) is 4.11. The summed E-state index contributed by atoms with van der Waals surface area (Å²) >= 11 is 0. The third-order valence-corrected chi connectivity index (χ3v) is 3.78. The van der Waals surface area contributed by atoms with Crippen LogP contribution in [0.2, 0.25) is 0 Å². The lowest BCUT2D eigenvalue weighted by Gasteiger charge is -2.20. The molecule has 100 valence electrons. The second-order valence-corrected chi connectivity index (χ2v) is 5.76. The molecule has 0 amide bonds. The maximum absolute atomic E-state index is 13.3. The molecule has 0 aliphatic rings. The topological polar surface area (TPSA) is 83.5 Å². The minimum atomic E-state index is -4.46. The van der Waals surface area contributed by atoms with E-state index >= 15 is 0 Å². The highest BCUT2D eigenvalue weighted by molar-refractivity contribution is 7.89. The van der Waals surface area contributed by atoms with Crippen LogP contribution in [0.4, 0.5) is 8.78 Å². The number of rotatable bonds is 4. The molecule has 0 bridgehead atoms. The van der Waals surface area contributed by atoms with Crippen molar-refractivity contribution in [2.45, 2.75) is 24.3 Å². The molecule has 0 spiro atoms. The molecular weight excluding hydrogens is 268 g/mol. The highest BCUT2D eigenvalue weighted by atomic mass is 32.2. The van der Waals surface area contributed by atoms with Gasteiger partial charge in [-0.05, 0) is 32.0 Å². The molecule has 0 unspecified atom stereocenters. The van der Waals surface area contributed by atoms with Crippen molar-refractivity contribution in [2.75, 3.05) is 0 Å². The van der Waals surface area contributed by atoms with Gasteiger partial charge < -0.3 is 5.11 Å². The van der Waals surface area contributed by atoms with Crippen molar-refractivity contribution in [3.63, 3.8) is 0 Å². The van der Waals surface area contributed by atoms with Crippen LogP contribution in [0, 0.1) is 11.6 Å². The number of nitrogens with one attached hydrogen (secondary N) is 1. The van der Waals surface area contributed by atoms with Gasteiger partial charge in [-0.3, -0.25) is 4.79 Å². The minimum Gasteiger partial charge on any atom is -0.480 e. The van der Waals surface area contributed by atoms with Crippen molar-refractivity contribution in [2.24, 2.45) is 0 Å². The van der Waals surface area contributed by atoms with Crippen LogP contribution in [-0.4, -0.2) is 25.0 Å². The van der Waals surface area contributed by atoms with Gasteiger partial charge in [0.05, 0.1) is 0 Å². The molecule has 0 heterocycles. The molecule has 2 N–H and O–H groups in total. The summed E-state index contributed by atoms with van der Waals surface area (Å²) in [6, 6.07) is 1.89. The Hall–Kier alpha value is -1.54. The number of hydrogen-bond donors (Lipinski definition) is 2. The molecule has 0 atom stereocenters. The van der Waals surface area contributed by atoms with Crippen LogP contribution in [0.25, 0.3) is 0 Å². The summed E-state index contributed by atoms with van der Waals surface area (Å²) < 4.78 is 51.5. The van der Waals surface area contributed by atoms with Crippen molar-refractivity contribution in [3.05, 3.63) is 29.8 Å². The van der Waals surface area contributed by atoms with Crippen LogP contribution >= 0.6 is 0 Å². The Bertz CT molecular complexity index is 584. The smallest absolute Gasteiger partial charge is 0.324 e. The van der Waals surface area contributed by atoms with Gasteiger partial charge in [-0.2, -0.15) is 4.72 Å². The van der Waals surface area contributed by atoms with Crippen LogP contribution < -0.4 is 4.72 Å². The molecule has 1 aromatic rings. The SMILES string of the molecule is CC(C)(NS(=O)(=O)c1cc(F)ccc1F)C(=O)O. The van der Waals surface area contributed by atoms with E-state index in [0.29, 0.717) is 12.1 Å². The van der Waals surface area contributed by atoms with E-state index in [1.165, 1.54) is 0 Å². The number of sulfonamides is 1. The first kappa shape index (κ1) is 14.5. The van der Waals surface area contributed by atoms with Gasteiger partial charge in [0, 0.05) is 0 Å². The van der Waals surface area contributed by atoms with Crippen LogP contribution in [-0.2, 0) is 14.8 Å². The van der Waals surface area contributed by atoms with E-state index in [9.17, 15) is 22.0 Å². The Morgan fingerprint density at radius 3 is 2.39 bits per heavy atom. The van der Waals surface area contributed by atoms with E-state index in [1.54, 1.807) is 4.72 Å². The molecule has 0 radical (unpaired) electrons. The summed E-state index contributed by atoms with van der Waals surface area (Å²) in [6.45, 7) is 2.17. The molecule has 1 aromatic carbocycles.